The molecule has 1 nitrogen and oxygen atoms in total. The summed E-state index contributed by atoms with van der Waals surface area (Å²) in [5.41, 5.74) is 1.24. The molecule has 0 saturated carbocycles. The molecule has 0 radical (unpaired) electrons. The standard InChI is InChI=1S/C12H18IN/c1-3-5-10(2)9-14-12-7-4-6-11(13)8-12/h4,6-8,10,14H,3,5,9H2,1-2H3. The molecule has 0 bridgehead atoms. The summed E-state index contributed by atoms with van der Waals surface area (Å²) in [6.45, 7) is 5.61. The third kappa shape index (κ3) is 4.31. The van der Waals surface area contributed by atoms with Gasteiger partial charge in [0.05, 0.1) is 0 Å². The monoisotopic (exact) mass is 303 g/mol. The molecule has 14 heavy (non-hydrogen) atoms. The average molecular weight is 303 g/mol. The molecule has 1 N–H and O–H groups in total. The van der Waals surface area contributed by atoms with E-state index in [9.17, 15) is 0 Å². The molecule has 0 heterocycles. The van der Waals surface area contributed by atoms with Gasteiger partial charge in [0.15, 0.2) is 0 Å². The van der Waals surface area contributed by atoms with E-state index < -0.39 is 0 Å². The van der Waals surface area contributed by atoms with Crippen LogP contribution in [0.15, 0.2) is 24.3 Å². The van der Waals surface area contributed by atoms with E-state index in [1.54, 1.807) is 0 Å². The number of benzene rings is 1. The van der Waals surface area contributed by atoms with Crippen molar-refractivity contribution in [2.75, 3.05) is 11.9 Å². The summed E-state index contributed by atoms with van der Waals surface area (Å²) in [6, 6.07) is 8.51. The Hall–Kier alpha value is -0.250. The van der Waals surface area contributed by atoms with Crippen LogP contribution >= 0.6 is 22.6 Å². The van der Waals surface area contributed by atoms with Crippen molar-refractivity contribution >= 4 is 28.3 Å². The van der Waals surface area contributed by atoms with Crippen LogP contribution < -0.4 is 5.32 Å². The van der Waals surface area contributed by atoms with Crippen molar-refractivity contribution in [3.63, 3.8) is 0 Å². The van der Waals surface area contributed by atoms with Crippen LogP contribution in [0.1, 0.15) is 26.7 Å². The fourth-order valence-corrected chi connectivity index (χ4v) is 2.03. The second-order valence-electron chi connectivity index (χ2n) is 3.79. The molecule has 0 fully saturated rings. The van der Waals surface area contributed by atoms with Crippen LogP contribution in [-0.4, -0.2) is 6.54 Å². The second kappa shape index (κ2) is 6.27. The minimum atomic E-state index is 0.762. The van der Waals surface area contributed by atoms with E-state index in [-0.39, 0.29) is 0 Å². The molecule has 0 saturated heterocycles. The van der Waals surface area contributed by atoms with Crippen LogP contribution in [0.5, 0.6) is 0 Å². The first-order valence-corrected chi connectivity index (χ1v) is 6.29. The van der Waals surface area contributed by atoms with Crippen molar-refractivity contribution in [2.24, 2.45) is 5.92 Å². The van der Waals surface area contributed by atoms with Gasteiger partial charge in [-0.05, 0) is 53.1 Å². The van der Waals surface area contributed by atoms with Crippen LogP contribution in [0.25, 0.3) is 0 Å². The summed E-state index contributed by atoms with van der Waals surface area (Å²) >= 11 is 2.34. The fraction of sp³-hybridized carbons (Fsp3) is 0.500. The van der Waals surface area contributed by atoms with Crippen molar-refractivity contribution in [1.29, 1.82) is 0 Å². The molecule has 1 unspecified atom stereocenters. The molecule has 2 heteroatoms. The first-order valence-electron chi connectivity index (χ1n) is 5.21. The van der Waals surface area contributed by atoms with Gasteiger partial charge in [0.2, 0.25) is 0 Å². The molecule has 0 aromatic heterocycles. The maximum atomic E-state index is 3.47. The van der Waals surface area contributed by atoms with Gasteiger partial charge in [-0.1, -0.05) is 26.3 Å². The smallest absolute Gasteiger partial charge is 0.0350 e. The van der Waals surface area contributed by atoms with Gasteiger partial charge >= 0.3 is 0 Å². The maximum absolute atomic E-state index is 3.47. The molecule has 0 aliphatic rings. The Kier molecular flexibility index (Phi) is 5.30. The number of hydrogen-bond donors (Lipinski definition) is 1. The van der Waals surface area contributed by atoms with Gasteiger partial charge in [0.25, 0.3) is 0 Å². The lowest BCUT2D eigenvalue weighted by molar-refractivity contribution is 0.551. The average Bonchev–Trinajstić information content (AvgIpc) is 2.15. The maximum Gasteiger partial charge on any atom is 0.0350 e. The van der Waals surface area contributed by atoms with E-state index in [0.717, 1.165) is 12.5 Å². The predicted molar refractivity (Wildman–Crippen MR) is 71.7 cm³/mol. The number of hydrogen-bond acceptors (Lipinski definition) is 1. The molecule has 1 aromatic carbocycles. The summed E-state index contributed by atoms with van der Waals surface area (Å²) in [4.78, 5) is 0. The Morgan fingerprint density at radius 3 is 2.86 bits per heavy atom. The highest BCUT2D eigenvalue weighted by atomic mass is 127. The largest absolute Gasteiger partial charge is 0.385 e. The highest BCUT2D eigenvalue weighted by Crippen LogP contribution is 2.13. The van der Waals surface area contributed by atoms with Gasteiger partial charge in [0, 0.05) is 15.8 Å². The molecule has 0 aliphatic heterocycles. The molecule has 1 rings (SSSR count). The van der Waals surface area contributed by atoms with Gasteiger partial charge in [-0.25, -0.2) is 0 Å². The first-order chi connectivity index (χ1) is 6.72. The van der Waals surface area contributed by atoms with E-state index >= 15 is 0 Å². The first kappa shape index (κ1) is 11.8. The van der Waals surface area contributed by atoms with Crippen LogP contribution in [0, 0.1) is 9.49 Å². The highest BCUT2D eigenvalue weighted by Gasteiger charge is 2.00. The Balaban J connectivity index is 2.37. The number of nitrogens with one attached hydrogen (secondary N) is 1. The van der Waals surface area contributed by atoms with Gasteiger partial charge in [-0.15, -0.1) is 0 Å². The molecule has 0 aliphatic carbocycles. The Morgan fingerprint density at radius 2 is 2.21 bits per heavy atom. The molecule has 1 aromatic rings. The Bertz CT molecular complexity index is 273. The third-order valence-corrected chi connectivity index (χ3v) is 2.93. The van der Waals surface area contributed by atoms with E-state index in [0.29, 0.717) is 0 Å². The van der Waals surface area contributed by atoms with Gasteiger partial charge in [-0.2, -0.15) is 0 Å². The van der Waals surface area contributed by atoms with Crippen molar-refractivity contribution in [2.45, 2.75) is 26.7 Å². The normalized spacial score (nSPS) is 12.5. The molecule has 0 amide bonds. The summed E-state index contributed by atoms with van der Waals surface area (Å²) in [5.74, 6) is 0.762. The lowest BCUT2D eigenvalue weighted by Crippen LogP contribution is -2.10. The molecule has 0 spiro atoms. The molecule has 1 atom stereocenters. The molecule has 78 valence electrons. The van der Waals surface area contributed by atoms with Crippen LogP contribution in [0.4, 0.5) is 5.69 Å². The third-order valence-electron chi connectivity index (χ3n) is 2.26. The Labute approximate surface area is 100 Å². The fourth-order valence-electron chi connectivity index (χ4n) is 1.49. The molecular formula is C12H18IN. The van der Waals surface area contributed by atoms with Gasteiger partial charge < -0.3 is 5.32 Å². The zero-order valence-electron chi connectivity index (χ0n) is 8.89. The minimum absolute atomic E-state index is 0.762. The zero-order valence-corrected chi connectivity index (χ0v) is 11.0. The van der Waals surface area contributed by atoms with Crippen molar-refractivity contribution in [3.05, 3.63) is 27.8 Å². The lowest BCUT2D eigenvalue weighted by atomic mass is 10.1. The van der Waals surface area contributed by atoms with Crippen LogP contribution in [-0.2, 0) is 0 Å². The summed E-state index contributed by atoms with van der Waals surface area (Å²) in [6.07, 6.45) is 2.58. The second-order valence-corrected chi connectivity index (χ2v) is 5.03. The van der Waals surface area contributed by atoms with Gasteiger partial charge in [0.1, 0.15) is 0 Å². The summed E-state index contributed by atoms with van der Waals surface area (Å²) in [5, 5.41) is 3.47. The zero-order chi connectivity index (χ0) is 10.4. The number of anilines is 1. The lowest BCUT2D eigenvalue weighted by Gasteiger charge is -2.12. The van der Waals surface area contributed by atoms with Gasteiger partial charge in [-0.3, -0.25) is 0 Å². The van der Waals surface area contributed by atoms with E-state index in [4.69, 9.17) is 0 Å². The summed E-state index contributed by atoms with van der Waals surface area (Å²) < 4.78 is 1.29. The quantitative estimate of drug-likeness (QED) is 0.806. The van der Waals surface area contributed by atoms with Crippen LogP contribution in [0.3, 0.4) is 0 Å². The van der Waals surface area contributed by atoms with Crippen molar-refractivity contribution in [3.8, 4) is 0 Å². The molecular weight excluding hydrogens is 285 g/mol. The SMILES string of the molecule is CCCC(C)CNc1cccc(I)c1. The highest BCUT2D eigenvalue weighted by molar-refractivity contribution is 14.1. The summed E-state index contributed by atoms with van der Waals surface area (Å²) in [7, 11) is 0. The number of halogens is 1. The van der Waals surface area contributed by atoms with Crippen molar-refractivity contribution in [1.82, 2.24) is 0 Å². The minimum Gasteiger partial charge on any atom is -0.385 e. The Morgan fingerprint density at radius 1 is 1.43 bits per heavy atom. The number of rotatable bonds is 5. The van der Waals surface area contributed by atoms with Crippen molar-refractivity contribution < 1.29 is 0 Å². The van der Waals surface area contributed by atoms with Crippen LogP contribution in [0.2, 0.25) is 0 Å². The predicted octanol–water partition coefficient (Wildman–Crippen LogP) is 4.14. The van der Waals surface area contributed by atoms with E-state index in [2.05, 4.69) is 66.0 Å². The topological polar surface area (TPSA) is 12.0 Å². The van der Waals surface area contributed by atoms with E-state index in [1.165, 1.54) is 22.1 Å². The van der Waals surface area contributed by atoms with E-state index in [1.807, 2.05) is 0 Å².